The highest BCUT2D eigenvalue weighted by molar-refractivity contribution is 5.76. The van der Waals surface area contributed by atoms with E-state index in [0.717, 1.165) is 11.3 Å². The molecule has 0 saturated carbocycles. The van der Waals surface area contributed by atoms with Gasteiger partial charge in [0.2, 0.25) is 5.91 Å². The smallest absolute Gasteiger partial charge is 0.334 e. The predicted molar refractivity (Wildman–Crippen MR) is 60.7 cm³/mol. The van der Waals surface area contributed by atoms with E-state index < -0.39 is 18.6 Å². The van der Waals surface area contributed by atoms with Crippen molar-refractivity contribution in [3.63, 3.8) is 0 Å². The molecule has 0 rings (SSSR count). The molecule has 0 aliphatic carbocycles. The first-order valence-corrected chi connectivity index (χ1v) is 5.89. The number of rotatable bonds is 8. The monoisotopic (exact) mass is 254 g/mol. The molecule has 0 aromatic carbocycles. The maximum atomic E-state index is 12.3. The van der Waals surface area contributed by atoms with Crippen LogP contribution in [0.3, 0.4) is 0 Å². The molecule has 0 unspecified atom stereocenters. The molecule has 0 atom stereocenters. The number of nitrogens with zero attached hydrogens (tertiary/aromatic N) is 1. The van der Waals surface area contributed by atoms with Gasteiger partial charge < -0.3 is 10.2 Å². The summed E-state index contributed by atoms with van der Waals surface area (Å²) in [5.41, 5.74) is 0. The van der Waals surface area contributed by atoms with E-state index in [1.165, 1.54) is 0 Å². The van der Waals surface area contributed by atoms with Crippen molar-refractivity contribution in [1.29, 1.82) is 0 Å². The van der Waals surface area contributed by atoms with Gasteiger partial charge in [0, 0.05) is 13.0 Å². The minimum atomic E-state index is -4.31. The third kappa shape index (κ3) is 8.97. The number of carbonyl (C=O) groups is 1. The van der Waals surface area contributed by atoms with Crippen LogP contribution in [0.15, 0.2) is 0 Å². The SMILES string of the molecule is CCCCN(CC(F)(F)F)C(=O)CCCNC. The van der Waals surface area contributed by atoms with E-state index in [9.17, 15) is 18.0 Å². The Hall–Kier alpha value is -0.780. The van der Waals surface area contributed by atoms with Gasteiger partial charge in [-0.2, -0.15) is 13.2 Å². The summed E-state index contributed by atoms with van der Waals surface area (Å²) in [6.45, 7) is 1.58. The Labute approximate surface area is 100 Å². The Balaban J connectivity index is 4.19. The number of hydrogen-bond acceptors (Lipinski definition) is 2. The molecule has 17 heavy (non-hydrogen) atoms. The lowest BCUT2D eigenvalue weighted by molar-refractivity contribution is -0.161. The fourth-order valence-electron chi connectivity index (χ4n) is 1.43. The summed E-state index contributed by atoms with van der Waals surface area (Å²) in [4.78, 5) is 12.5. The Morgan fingerprint density at radius 1 is 1.29 bits per heavy atom. The van der Waals surface area contributed by atoms with Crippen molar-refractivity contribution in [3.05, 3.63) is 0 Å². The fourth-order valence-corrected chi connectivity index (χ4v) is 1.43. The Bertz CT molecular complexity index is 219. The fraction of sp³-hybridized carbons (Fsp3) is 0.909. The van der Waals surface area contributed by atoms with Gasteiger partial charge in [-0.25, -0.2) is 0 Å². The van der Waals surface area contributed by atoms with Crippen LogP contribution < -0.4 is 5.32 Å². The molecule has 0 fully saturated rings. The van der Waals surface area contributed by atoms with Crippen LogP contribution in [-0.4, -0.2) is 43.7 Å². The molecular formula is C11H21F3N2O. The second kappa shape index (κ2) is 8.33. The van der Waals surface area contributed by atoms with Crippen molar-refractivity contribution >= 4 is 5.91 Å². The van der Waals surface area contributed by atoms with E-state index in [2.05, 4.69) is 5.32 Å². The number of carbonyl (C=O) groups excluding carboxylic acids is 1. The molecule has 1 N–H and O–H groups in total. The average Bonchev–Trinajstić information content (AvgIpc) is 2.22. The predicted octanol–water partition coefficient (Wildman–Crippen LogP) is 2.18. The van der Waals surface area contributed by atoms with Gasteiger partial charge in [-0.15, -0.1) is 0 Å². The zero-order valence-corrected chi connectivity index (χ0v) is 10.4. The normalized spacial score (nSPS) is 11.6. The maximum Gasteiger partial charge on any atom is 0.406 e. The van der Waals surface area contributed by atoms with Crippen LogP contribution in [-0.2, 0) is 4.79 Å². The number of alkyl halides is 3. The second-order valence-corrected chi connectivity index (χ2v) is 3.99. The number of unbranched alkanes of at least 4 members (excludes halogenated alkanes) is 1. The summed E-state index contributed by atoms with van der Waals surface area (Å²) in [7, 11) is 1.75. The van der Waals surface area contributed by atoms with Crippen LogP contribution in [0.4, 0.5) is 13.2 Å². The highest BCUT2D eigenvalue weighted by Gasteiger charge is 2.32. The third-order valence-electron chi connectivity index (χ3n) is 2.32. The Morgan fingerprint density at radius 3 is 2.41 bits per heavy atom. The van der Waals surface area contributed by atoms with Crippen molar-refractivity contribution in [1.82, 2.24) is 10.2 Å². The summed E-state index contributed by atoms with van der Waals surface area (Å²) < 4.78 is 36.8. The molecule has 0 saturated heterocycles. The third-order valence-corrected chi connectivity index (χ3v) is 2.32. The van der Waals surface area contributed by atoms with Crippen LogP contribution in [0.2, 0.25) is 0 Å². The van der Waals surface area contributed by atoms with Crippen molar-refractivity contribution < 1.29 is 18.0 Å². The number of nitrogens with one attached hydrogen (secondary N) is 1. The molecule has 0 aliphatic heterocycles. The van der Waals surface area contributed by atoms with Crippen LogP contribution >= 0.6 is 0 Å². The molecule has 0 aliphatic rings. The van der Waals surface area contributed by atoms with Crippen molar-refractivity contribution in [2.24, 2.45) is 0 Å². The van der Waals surface area contributed by atoms with E-state index in [1.807, 2.05) is 6.92 Å². The lowest BCUT2D eigenvalue weighted by Gasteiger charge is -2.23. The topological polar surface area (TPSA) is 32.3 Å². The zero-order valence-electron chi connectivity index (χ0n) is 10.4. The summed E-state index contributed by atoms with van der Waals surface area (Å²) in [5, 5.41) is 2.86. The van der Waals surface area contributed by atoms with Gasteiger partial charge in [0.25, 0.3) is 0 Å². The lowest BCUT2D eigenvalue weighted by Crippen LogP contribution is -2.39. The van der Waals surface area contributed by atoms with E-state index in [-0.39, 0.29) is 13.0 Å². The standard InChI is InChI=1S/C11H21F3N2O/c1-3-4-8-16(9-11(12,13)14)10(17)6-5-7-15-2/h15H,3-9H2,1-2H3. The molecule has 1 amide bonds. The quantitative estimate of drug-likeness (QED) is 0.673. The summed E-state index contributed by atoms with van der Waals surface area (Å²) in [5.74, 6) is -0.411. The number of hydrogen-bond donors (Lipinski definition) is 1. The van der Waals surface area contributed by atoms with Crippen LogP contribution in [0.25, 0.3) is 0 Å². The highest BCUT2D eigenvalue weighted by Crippen LogP contribution is 2.17. The van der Waals surface area contributed by atoms with Crippen molar-refractivity contribution in [2.45, 2.75) is 38.8 Å². The Kier molecular flexibility index (Phi) is 7.95. The molecule has 0 spiro atoms. The van der Waals surface area contributed by atoms with Gasteiger partial charge in [0.05, 0.1) is 0 Å². The largest absolute Gasteiger partial charge is 0.406 e. The summed E-state index contributed by atoms with van der Waals surface area (Å²) in [6, 6.07) is 0. The summed E-state index contributed by atoms with van der Waals surface area (Å²) >= 11 is 0. The number of amides is 1. The van der Waals surface area contributed by atoms with E-state index >= 15 is 0 Å². The molecule has 3 nitrogen and oxygen atoms in total. The Morgan fingerprint density at radius 2 is 1.94 bits per heavy atom. The molecule has 0 bridgehead atoms. The molecule has 0 aromatic heterocycles. The molecule has 0 radical (unpaired) electrons. The van der Waals surface area contributed by atoms with Crippen molar-refractivity contribution in [2.75, 3.05) is 26.7 Å². The van der Waals surface area contributed by atoms with Gasteiger partial charge in [-0.1, -0.05) is 13.3 Å². The first kappa shape index (κ1) is 16.2. The molecular weight excluding hydrogens is 233 g/mol. The number of halogens is 3. The van der Waals surface area contributed by atoms with Crippen molar-refractivity contribution in [3.8, 4) is 0 Å². The van der Waals surface area contributed by atoms with Crippen LogP contribution in [0.5, 0.6) is 0 Å². The van der Waals surface area contributed by atoms with E-state index in [1.54, 1.807) is 7.05 Å². The average molecular weight is 254 g/mol. The minimum absolute atomic E-state index is 0.167. The summed E-state index contributed by atoms with van der Waals surface area (Å²) in [6.07, 6.45) is -2.20. The van der Waals surface area contributed by atoms with Crippen LogP contribution in [0, 0.1) is 0 Å². The van der Waals surface area contributed by atoms with Crippen LogP contribution in [0.1, 0.15) is 32.6 Å². The van der Waals surface area contributed by atoms with Gasteiger partial charge in [-0.3, -0.25) is 4.79 Å². The molecule has 0 aromatic rings. The van der Waals surface area contributed by atoms with Gasteiger partial charge in [0.15, 0.2) is 0 Å². The molecule has 0 heterocycles. The van der Waals surface area contributed by atoms with Gasteiger partial charge >= 0.3 is 6.18 Å². The minimum Gasteiger partial charge on any atom is -0.334 e. The lowest BCUT2D eigenvalue weighted by atomic mass is 10.2. The van der Waals surface area contributed by atoms with E-state index in [0.29, 0.717) is 19.4 Å². The maximum absolute atomic E-state index is 12.3. The molecule has 6 heteroatoms. The van der Waals surface area contributed by atoms with Gasteiger partial charge in [0.1, 0.15) is 6.54 Å². The van der Waals surface area contributed by atoms with E-state index in [4.69, 9.17) is 0 Å². The highest BCUT2D eigenvalue weighted by atomic mass is 19.4. The zero-order chi connectivity index (χ0) is 13.3. The molecule has 102 valence electrons. The second-order valence-electron chi connectivity index (χ2n) is 3.99. The first-order valence-electron chi connectivity index (χ1n) is 5.89. The first-order chi connectivity index (χ1) is 7.90. The van der Waals surface area contributed by atoms with Gasteiger partial charge in [-0.05, 0) is 26.4 Å².